The lowest BCUT2D eigenvalue weighted by Gasteiger charge is -2.34. The number of amides is 1. The Hall–Kier alpha value is -1.84. The number of hydrogen-bond acceptors (Lipinski definition) is 4. The zero-order valence-corrected chi connectivity index (χ0v) is 16.6. The van der Waals surface area contributed by atoms with Crippen molar-refractivity contribution in [2.24, 2.45) is 0 Å². The first-order valence-corrected chi connectivity index (χ1v) is 10.2. The number of sulfone groups is 1. The van der Waals surface area contributed by atoms with E-state index in [0.717, 1.165) is 18.2 Å². The molecule has 0 aliphatic heterocycles. The molecule has 1 aromatic rings. The summed E-state index contributed by atoms with van der Waals surface area (Å²) in [7, 11) is -4.64. The van der Waals surface area contributed by atoms with Crippen LogP contribution in [0.4, 0.5) is 22.4 Å². The number of ether oxygens (including phenoxy) is 1. The first kappa shape index (κ1) is 22.4. The molecule has 0 atom stereocenters. The van der Waals surface area contributed by atoms with Crippen LogP contribution in [-0.2, 0) is 20.8 Å². The van der Waals surface area contributed by atoms with Crippen molar-refractivity contribution in [1.29, 1.82) is 0 Å². The Labute approximate surface area is 161 Å². The van der Waals surface area contributed by atoms with Crippen molar-refractivity contribution < 1.29 is 35.5 Å². The van der Waals surface area contributed by atoms with Crippen LogP contribution >= 0.6 is 0 Å². The molecular formula is C18H23F4NO4S. The quantitative estimate of drug-likeness (QED) is 0.718. The molecule has 1 fully saturated rings. The fourth-order valence-electron chi connectivity index (χ4n) is 2.99. The molecule has 1 amide bonds. The van der Waals surface area contributed by atoms with Gasteiger partial charge in [-0.1, -0.05) is 6.07 Å². The number of rotatable bonds is 3. The predicted octanol–water partition coefficient (Wildman–Crippen LogP) is 4.61. The number of benzene rings is 1. The molecular weight excluding hydrogens is 402 g/mol. The van der Waals surface area contributed by atoms with Gasteiger partial charge in [-0.3, -0.25) is 0 Å². The van der Waals surface area contributed by atoms with Gasteiger partial charge in [-0.2, -0.15) is 13.2 Å². The Morgan fingerprint density at radius 2 is 1.75 bits per heavy atom. The molecule has 0 spiro atoms. The zero-order valence-electron chi connectivity index (χ0n) is 15.8. The number of nitrogens with one attached hydrogen (secondary N) is 1. The van der Waals surface area contributed by atoms with Crippen LogP contribution in [0.2, 0.25) is 0 Å². The van der Waals surface area contributed by atoms with Crippen LogP contribution in [-0.4, -0.2) is 31.2 Å². The van der Waals surface area contributed by atoms with E-state index in [9.17, 15) is 26.4 Å². The monoisotopic (exact) mass is 425 g/mol. The van der Waals surface area contributed by atoms with Crippen LogP contribution in [0.25, 0.3) is 0 Å². The molecule has 0 aromatic heterocycles. The lowest BCUT2D eigenvalue weighted by Crippen LogP contribution is -2.46. The maximum atomic E-state index is 15.2. The third kappa shape index (κ3) is 5.15. The van der Waals surface area contributed by atoms with Gasteiger partial charge in [0.2, 0.25) is 14.8 Å². The van der Waals surface area contributed by atoms with E-state index in [4.69, 9.17) is 4.74 Å². The van der Waals surface area contributed by atoms with Gasteiger partial charge in [-0.25, -0.2) is 17.6 Å². The SMILES string of the molecule is CC(C)(C)OC(=O)N[C@H]1CC[C@@](F)(S(=O)(=O)c2cccc(C(F)(F)F)c2)CC1. The minimum absolute atomic E-state index is 0.0218. The summed E-state index contributed by atoms with van der Waals surface area (Å²) in [5.41, 5.74) is -1.87. The third-order valence-corrected chi connectivity index (χ3v) is 6.65. The highest BCUT2D eigenvalue weighted by atomic mass is 32.2. The number of carbonyl (C=O) groups excluding carboxylic acids is 1. The fourth-order valence-corrected chi connectivity index (χ4v) is 4.72. The lowest BCUT2D eigenvalue weighted by atomic mass is 9.93. The average Bonchev–Trinajstić information content (AvgIpc) is 2.54. The van der Waals surface area contributed by atoms with E-state index in [2.05, 4.69) is 5.32 Å². The van der Waals surface area contributed by atoms with Crippen LogP contribution in [0.3, 0.4) is 0 Å². The molecule has 0 saturated heterocycles. The number of hydrogen-bond donors (Lipinski definition) is 1. The average molecular weight is 425 g/mol. The van der Waals surface area contributed by atoms with Crippen molar-refractivity contribution in [3.63, 3.8) is 0 Å². The van der Waals surface area contributed by atoms with Gasteiger partial charge in [0.1, 0.15) is 5.60 Å². The highest BCUT2D eigenvalue weighted by Crippen LogP contribution is 2.41. The fraction of sp³-hybridized carbons (Fsp3) is 0.611. The molecule has 5 nitrogen and oxygen atoms in total. The second-order valence-electron chi connectivity index (χ2n) is 7.83. The largest absolute Gasteiger partial charge is 0.444 e. The third-order valence-electron chi connectivity index (χ3n) is 4.41. The first-order chi connectivity index (χ1) is 12.6. The van der Waals surface area contributed by atoms with Crippen molar-refractivity contribution in [1.82, 2.24) is 5.32 Å². The van der Waals surface area contributed by atoms with Gasteiger partial charge in [0.15, 0.2) is 0 Å². The minimum Gasteiger partial charge on any atom is -0.444 e. The molecule has 28 heavy (non-hydrogen) atoms. The molecule has 0 heterocycles. The Kier molecular flexibility index (Phi) is 6.04. The topological polar surface area (TPSA) is 72.5 Å². The molecule has 0 unspecified atom stereocenters. The maximum absolute atomic E-state index is 15.2. The molecule has 0 bridgehead atoms. The molecule has 10 heteroatoms. The van der Waals surface area contributed by atoms with E-state index >= 15 is 4.39 Å². The van der Waals surface area contributed by atoms with Crippen molar-refractivity contribution in [3.8, 4) is 0 Å². The summed E-state index contributed by atoms with van der Waals surface area (Å²) in [6, 6.07) is 2.59. The molecule has 1 aliphatic carbocycles. The van der Waals surface area contributed by atoms with Crippen molar-refractivity contribution >= 4 is 15.9 Å². The Morgan fingerprint density at radius 3 is 2.25 bits per heavy atom. The standard InChI is InChI=1S/C18H23F4NO4S/c1-16(2,3)27-15(24)23-13-7-9-17(19,10-8-13)28(25,26)14-6-4-5-12(11-14)18(20,21)22/h4-6,11,13H,7-10H2,1-3H3,(H,23,24)/t13-,17+. The predicted molar refractivity (Wildman–Crippen MR) is 94.1 cm³/mol. The summed E-state index contributed by atoms with van der Waals surface area (Å²) >= 11 is 0. The van der Waals surface area contributed by atoms with E-state index in [0.29, 0.717) is 6.07 Å². The second-order valence-corrected chi connectivity index (χ2v) is 10.0. The summed E-state index contributed by atoms with van der Waals surface area (Å²) in [6.45, 7) is 5.05. The number of halogens is 4. The van der Waals surface area contributed by atoms with E-state index in [1.54, 1.807) is 20.8 Å². The summed E-state index contributed by atoms with van der Waals surface area (Å²) in [5.74, 6) is 0. The number of alkyl carbamates (subject to hydrolysis) is 1. The van der Waals surface area contributed by atoms with E-state index in [-0.39, 0.29) is 12.8 Å². The van der Waals surface area contributed by atoms with Gasteiger partial charge in [0.25, 0.3) is 0 Å². The molecule has 1 saturated carbocycles. The molecule has 1 N–H and O–H groups in total. The van der Waals surface area contributed by atoms with Crippen molar-refractivity contribution in [3.05, 3.63) is 29.8 Å². The molecule has 1 aromatic carbocycles. The Balaban J connectivity index is 2.11. The molecule has 0 radical (unpaired) electrons. The first-order valence-electron chi connectivity index (χ1n) is 8.74. The molecule has 158 valence electrons. The van der Waals surface area contributed by atoms with Crippen LogP contribution < -0.4 is 5.32 Å². The van der Waals surface area contributed by atoms with Gasteiger partial charge in [-0.05, 0) is 64.7 Å². The normalized spacial score (nSPS) is 23.9. The van der Waals surface area contributed by atoms with E-state index in [1.165, 1.54) is 0 Å². The van der Waals surface area contributed by atoms with E-state index < -0.39 is 62.1 Å². The van der Waals surface area contributed by atoms with Gasteiger partial charge < -0.3 is 10.1 Å². The van der Waals surface area contributed by atoms with Crippen LogP contribution in [0.1, 0.15) is 52.0 Å². The minimum atomic E-state index is -4.73. The van der Waals surface area contributed by atoms with Gasteiger partial charge in [0.05, 0.1) is 10.5 Å². The maximum Gasteiger partial charge on any atom is 0.416 e. The van der Waals surface area contributed by atoms with E-state index in [1.807, 2.05) is 0 Å². The van der Waals surface area contributed by atoms with Gasteiger partial charge in [-0.15, -0.1) is 0 Å². The molecule has 2 rings (SSSR count). The summed E-state index contributed by atoms with van der Waals surface area (Å²) in [4.78, 5) is 11.1. The Bertz CT molecular complexity index is 823. The summed E-state index contributed by atoms with van der Waals surface area (Å²) in [6.07, 6.45) is -6.26. The summed E-state index contributed by atoms with van der Waals surface area (Å²) in [5, 5.41) is -0.129. The highest BCUT2D eigenvalue weighted by molar-refractivity contribution is 7.92. The van der Waals surface area contributed by atoms with Crippen molar-refractivity contribution in [2.75, 3.05) is 0 Å². The lowest BCUT2D eigenvalue weighted by molar-refractivity contribution is -0.137. The number of carbonyl (C=O) groups is 1. The molecule has 1 aliphatic rings. The van der Waals surface area contributed by atoms with Crippen LogP contribution in [0.15, 0.2) is 29.2 Å². The van der Waals surface area contributed by atoms with Crippen LogP contribution in [0, 0.1) is 0 Å². The van der Waals surface area contributed by atoms with Crippen LogP contribution in [0.5, 0.6) is 0 Å². The number of alkyl halides is 4. The van der Waals surface area contributed by atoms with Gasteiger partial charge in [0, 0.05) is 6.04 Å². The second kappa shape index (κ2) is 7.53. The highest BCUT2D eigenvalue weighted by Gasteiger charge is 2.48. The summed E-state index contributed by atoms with van der Waals surface area (Å²) < 4.78 is 84.2. The van der Waals surface area contributed by atoms with Gasteiger partial charge >= 0.3 is 12.3 Å². The Morgan fingerprint density at radius 1 is 1.18 bits per heavy atom. The van der Waals surface area contributed by atoms with Crippen molar-refractivity contribution in [2.45, 2.75) is 74.2 Å². The zero-order chi connectivity index (χ0) is 21.4. The smallest absolute Gasteiger partial charge is 0.416 e.